The smallest absolute Gasteiger partial charge is 0.493 e. The maximum absolute atomic E-state index is 14.2. The van der Waals surface area contributed by atoms with E-state index in [4.69, 9.17) is 4.74 Å². The number of hydrogen-bond acceptors (Lipinski definition) is 4. The van der Waals surface area contributed by atoms with Crippen LogP contribution in [-0.4, -0.2) is 44.6 Å². The molecule has 1 aliphatic rings. The van der Waals surface area contributed by atoms with Gasteiger partial charge in [-0.15, -0.1) is 38.0 Å². The highest BCUT2D eigenvalue weighted by Gasteiger charge is 2.32. The number of halogens is 6. The maximum atomic E-state index is 14.2. The van der Waals surface area contributed by atoms with E-state index in [1.165, 1.54) is 25.3 Å². The van der Waals surface area contributed by atoms with Gasteiger partial charge in [-0.25, -0.2) is 4.39 Å². The molecule has 1 saturated heterocycles. The third-order valence-electron chi connectivity index (χ3n) is 4.44. The van der Waals surface area contributed by atoms with Gasteiger partial charge in [0.1, 0.15) is 5.75 Å². The standard InChI is InChI=1S/C19H20F4N2O2.2ClH/c1-26-18-15(3-2-4-16(18)20)17(25-11-9-24-10-12-25)13-5-7-14(8-6-13)27-19(21,22)23;;/h2-8,17,24H,9-12H2,1H3;2*1H/t17-;;/m1../s1. The molecule has 0 spiro atoms. The molecule has 29 heavy (non-hydrogen) atoms. The summed E-state index contributed by atoms with van der Waals surface area (Å²) in [4.78, 5) is 2.15. The molecule has 1 aliphatic heterocycles. The van der Waals surface area contributed by atoms with Gasteiger partial charge in [0.15, 0.2) is 11.6 Å². The first-order valence-corrected chi connectivity index (χ1v) is 8.52. The molecule has 2 aromatic rings. The van der Waals surface area contributed by atoms with Gasteiger partial charge in [-0.05, 0) is 23.8 Å². The molecule has 10 heteroatoms. The van der Waals surface area contributed by atoms with Crippen molar-refractivity contribution in [3.05, 3.63) is 59.4 Å². The number of methoxy groups -OCH3 is 1. The van der Waals surface area contributed by atoms with Crippen LogP contribution in [0.4, 0.5) is 17.6 Å². The van der Waals surface area contributed by atoms with Crippen molar-refractivity contribution in [2.24, 2.45) is 0 Å². The third kappa shape index (κ3) is 6.37. The summed E-state index contributed by atoms with van der Waals surface area (Å²) < 4.78 is 60.7. The van der Waals surface area contributed by atoms with Gasteiger partial charge in [-0.3, -0.25) is 4.90 Å². The first-order chi connectivity index (χ1) is 12.9. The predicted molar refractivity (Wildman–Crippen MR) is 107 cm³/mol. The fourth-order valence-electron chi connectivity index (χ4n) is 3.34. The zero-order valence-corrected chi connectivity index (χ0v) is 17.2. The van der Waals surface area contributed by atoms with E-state index < -0.39 is 12.2 Å². The second kappa shape index (κ2) is 10.9. The highest BCUT2D eigenvalue weighted by atomic mass is 35.5. The summed E-state index contributed by atoms with van der Waals surface area (Å²) in [6.07, 6.45) is -4.74. The monoisotopic (exact) mass is 456 g/mol. The van der Waals surface area contributed by atoms with Gasteiger partial charge >= 0.3 is 6.36 Å². The van der Waals surface area contributed by atoms with Crippen LogP contribution in [0.1, 0.15) is 17.2 Å². The second-order valence-corrected chi connectivity index (χ2v) is 6.17. The number of alkyl halides is 3. The van der Waals surface area contributed by atoms with Gasteiger partial charge < -0.3 is 14.8 Å². The highest BCUT2D eigenvalue weighted by molar-refractivity contribution is 5.85. The molecule has 0 unspecified atom stereocenters. The fourth-order valence-corrected chi connectivity index (χ4v) is 3.34. The van der Waals surface area contributed by atoms with Crippen LogP contribution in [0.15, 0.2) is 42.5 Å². The molecule has 0 saturated carbocycles. The Hall–Kier alpha value is -1.74. The van der Waals surface area contributed by atoms with Gasteiger partial charge in [-0.1, -0.05) is 24.3 Å². The molecule has 1 N–H and O–H groups in total. The fraction of sp³-hybridized carbons (Fsp3) is 0.368. The molecule has 0 aromatic heterocycles. The van der Waals surface area contributed by atoms with Crippen LogP contribution < -0.4 is 14.8 Å². The summed E-state index contributed by atoms with van der Waals surface area (Å²) in [5, 5.41) is 3.26. The minimum Gasteiger partial charge on any atom is -0.493 e. The maximum Gasteiger partial charge on any atom is 0.573 e. The average Bonchev–Trinajstić information content (AvgIpc) is 2.63. The normalized spacial score (nSPS) is 15.6. The first-order valence-electron chi connectivity index (χ1n) is 8.52. The molecule has 1 fully saturated rings. The molecule has 1 atom stereocenters. The van der Waals surface area contributed by atoms with Crippen molar-refractivity contribution in [1.29, 1.82) is 0 Å². The number of hydrogen-bond donors (Lipinski definition) is 1. The van der Waals surface area contributed by atoms with Crippen LogP contribution in [0.2, 0.25) is 0 Å². The SMILES string of the molecule is COc1c(F)cccc1[C@@H](c1ccc(OC(F)(F)F)cc1)N1CCNCC1.Cl.Cl. The third-order valence-corrected chi connectivity index (χ3v) is 4.44. The van der Waals surface area contributed by atoms with E-state index in [0.29, 0.717) is 18.7 Å². The lowest BCUT2D eigenvalue weighted by atomic mass is 9.95. The van der Waals surface area contributed by atoms with Gasteiger partial charge in [0.05, 0.1) is 13.2 Å². The van der Waals surface area contributed by atoms with Crippen molar-refractivity contribution in [1.82, 2.24) is 10.2 Å². The molecule has 162 valence electrons. The summed E-state index contributed by atoms with van der Waals surface area (Å²) in [6.45, 7) is 2.96. The van der Waals surface area contributed by atoms with Gasteiger partial charge in [0.25, 0.3) is 0 Å². The highest BCUT2D eigenvalue weighted by Crippen LogP contribution is 2.37. The molecule has 1 heterocycles. The van der Waals surface area contributed by atoms with E-state index in [2.05, 4.69) is 15.0 Å². The van der Waals surface area contributed by atoms with Crippen LogP contribution in [-0.2, 0) is 0 Å². The Morgan fingerprint density at radius 2 is 1.62 bits per heavy atom. The molecular formula is C19H22Cl2F4N2O2. The second-order valence-electron chi connectivity index (χ2n) is 6.17. The summed E-state index contributed by atoms with van der Waals surface area (Å²) in [5.41, 5.74) is 1.36. The van der Waals surface area contributed by atoms with E-state index >= 15 is 0 Å². The van der Waals surface area contributed by atoms with Crippen molar-refractivity contribution in [3.8, 4) is 11.5 Å². The van der Waals surface area contributed by atoms with Crippen LogP contribution in [0.5, 0.6) is 11.5 Å². The zero-order chi connectivity index (χ0) is 19.4. The van der Waals surface area contributed by atoms with E-state index in [0.717, 1.165) is 18.7 Å². The topological polar surface area (TPSA) is 33.7 Å². The van der Waals surface area contributed by atoms with Crippen molar-refractivity contribution in [2.45, 2.75) is 12.4 Å². The van der Waals surface area contributed by atoms with Crippen LogP contribution in [0.3, 0.4) is 0 Å². The van der Waals surface area contributed by atoms with Gasteiger partial charge in [0, 0.05) is 31.7 Å². The van der Waals surface area contributed by atoms with E-state index in [-0.39, 0.29) is 42.4 Å². The molecule has 4 nitrogen and oxygen atoms in total. The number of benzene rings is 2. The van der Waals surface area contributed by atoms with E-state index in [9.17, 15) is 17.6 Å². The number of ether oxygens (including phenoxy) is 2. The Balaban J connectivity index is 0.00000210. The summed E-state index contributed by atoms with van der Waals surface area (Å²) in [5.74, 6) is -0.639. The predicted octanol–water partition coefficient (Wildman–Crippen LogP) is 4.57. The molecule has 0 amide bonds. The van der Waals surface area contributed by atoms with Crippen LogP contribution in [0, 0.1) is 5.82 Å². The lowest BCUT2D eigenvalue weighted by Crippen LogP contribution is -2.45. The molecule has 0 aliphatic carbocycles. The van der Waals surface area contributed by atoms with Crippen LogP contribution >= 0.6 is 24.8 Å². The number of nitrogens with zero attached hydrogens (tertiary/aromatic N) is 1. The number of piperazine rings is 1. The first kappa shape index (κ1) is 25.3. The minimum absolute atomic E-state index is 0. The van der Waals surface area contributed by atoms with Crippen molar-refractivity contribution >= 4 is 24.8 Å². The Bertz CT molecular complexity index is 770. The zero-order valence-electron chi connectivity index (χ0n) is 15.5. The van der Waals surface area contributed by atoms with Crippen molar-refractivity contribution in [2.75, 3.05) is 33.3 Å². The molecule has 2 aromatic carbocycles. The minimum atomic E-state index is -4.74. The summed E-state index contributed by atoms with van der Waals surface area (Å²) >= 11 is 0. The van der Waals surface area contributed by atoms with Gasteiger partial charge in [-0.2, -0.15) is 0 Å². The Morgan fingerprint density at radius 1 is 1.00 bits per heavy atom. The molecular weight excluding hydrogens is 435 g/mol. The number of rotatable bonds is 5. The van der Waals surface area contributed by atoms with E-state index in [1.54, 1.807) is 24.3 Å². The largest absolute Gasteiger partial charge is 0.573 e. The van der Waals surface area contributed by atoms with Crippen molar-refractivity contribution < 1.29 is 27.0 Å². The van der Waals surface area contributed by atoms with Crippen molar-refractivity contribution in [3.63, 3.8) is 0 Å². The quantitative estimate of drug-likeness (QED) is 0.668. The molecule has 3 rings (SSSR count). The van der Waals surface area contributed by atoms with E-state index in [1.807, 2.05) is 0 Å². The summed E-state index contributed by atoms with van der Waals surface area (Å²) in [6, 6.07) is 10.0. The molecule has 0 bridgehead atoms. The Morgan fingerprint density at radius 3 is 2.17 bits per heavy atom. The summed E-state index contributed by atoms with van der Waals surface area (Å²) in [7, 11) is 1.40. The lowest BCUT2D eigenvalue weighted by Gasteiger charge is -2.36. The lowest BCUT2D eigenvalue weighted by molar-refractivity contribution is -0.274. The Kier molecular flexibility index (Phi) is 9.48. The average molecular weight is 457 g/mol. The number of nitrogens with one attached hydrogen (secondary N) is 1. The van der Waals surface area contributed by atoms with Gasteiger partial charge in [0.2, 0.25) is 0 Å². The molecule has 0 radical (unpaired) electrons. The number of para-hydroxylation sites is 1. The van der Waals surface area contributed by atoms with Crippen LogP contribution in [0.25, 0.3) is 0 Å². The Labute approximate surface area is 179 Å².